The van der Waals surface area contributed by atoms with Crippen LogP contribution in [0.4, 0.5) is 0 Å². The highest BCUT2D eigenvalue weighted by Crippen LogP contribution is 2.59. The fraction of sp³-hybridized carbons (Fsp3) is 0.133. The highest BCUT2D eigenvalue weighted by molar-refractivity contribution is 6.30. The lowest BCUT2D eigenvalue weighted by atomic mass is 9.85. The summed E-state index contributed by atoms with van der Waals surface area (Å²) in [6.45, 7) is 0.509. The first-order valence-corrected chi connectivity index (χ1v) is 12.4. The standard InChI is InChI=1S/C30H24Cl2N2O2/c31-25-12-8-23(9-13-25)30(24-10-14-26(32)15-11-24)18-28(30)29(35)34-33-19-21-6-16-27(17-7-21)36-20-22-4-2-1-3-5-22/h1-17,19,28H,18,20H2,(H,34,35)/t28-/m1/s1. The van der Waals surface area contributed by atoms with Crippen molar-refractivity contribution in [3.8, 4) is 5.75 Å². The molecule has 0 aromatic heterocycles. The summed E-state index contributed by atoms with van der Waals surface area (Å²) in [5, 5.41) is 5.52. The summed E-state index contributed by atoms with van der Waals surface area (Å²) >= 11 is 12.2. The van der Waals surface area contributed by atoms with Crippen LogP contribution in [0.2, 0.25) is 10.0 Å². The summed E-state index contributed by atoms with van der Waals surface area (Å²) in [7, 11) is 0. The Morgan fingerprint density at radius 1 is 0.861 bits per heavy atom. The Morgan fingerprint density at radius 3 is 2.03 bits per heavy atom. The number of amides is 1. The molecule has 0 saturated heterocycles. The molecule has 4 aromatic rings. The minimum atomic E-state index is -0.424. The van der Waals surface area contributed by atoms with Crippen LogP contribution in [0.15, 0.2) is 108 Å². The van der Waals surface area contributed by atoms with Crippen LogP contribution in [-0.4, -0.2) is 12.1 Å². The Bertz CT molecular complexity index is 1310. The molecule has 4 nitrogen and oxygen atoms in total. The van der Waals surface area contributed by atoms with Crippen molar-refractivity contribution in [1.29, 1.82) is 0 Å². The molecule has 1 aliphatic carbocycles. The van der Waals surface area contributed by atoms with E-state index in [2.05, 4.69) is 10.5 Å². The highest BCUT2D eigenvalue weighted by Gasteiger charge is 2.60. The van der Waals surface area contributed by atoms with Gasteiger partial charge in [-0.25, -0.2) is 5.43 Å². The van der Waals surface area contributed by atoms with Crippen LogP contribution < -0.4 is 10.2 Å². The Balaban J connectivity index is 1.23. The molecule has 0 bridgehead atoms. The second-order valence-electron chi connectivity index (χ2n) is 8.82. The number of hydrazone groups is 1. The third-order valence-electron chi connectivity index (χ3n) is 6.51. The molecule has 1 saturated carbocycles. The first-order chi connectivity index (χ1) is 17.5. The predicted molar refractivity (Wildman–Crippen MR) is 145 cm³/mol. The van der Waals surface area contributed by atoms with Crippen LogP contribution in [0.1, 0.15) is 28.7 Å². The maximum Gasteiger partial charge on any atom is 0.244 e. The van der Waals surface area contributed by atoms with Crippen LogP contribution in [-0.2, 0) is 16.8 Å². The Morgan fingerprint density at radius 2 is 1.44 bits per heavy atom. The zero-order chi connectivity index (χ0) is 25.0. The van der Waals surface area contributed by atoms with Gasteiger partial charge in [-0.05, 0) is 77.2 Å². The number of halogens is 2. The number of rotatable bonds is 8. The van der Waals surface area contributed by atoms with E-state index in [0.29, 0.717) is 23.1 Å². The van der Waals surface area contributed by atoms with Crippen molar-refractivity contribution in [2.24, 2.45) is 11.0 Å². The number of nitrogens with zero attached hydrogens (tertiary/aromatic N) is 1. The third kappa shape index (κ3) is 5.30. The van der Waals surface area contributed by atoms with Crippen molar-refractivity contribution >= 4 is 35.3 Å². The van der Waals surface area contributed by atoms with Crippen LogP contribution in [0.3, 0.4) is 0 Å². The van der Waals surface area contributed by atoms with Crippen LogP contribution in [0, 0.1) is 5.92 Å². The molecule has 0 radical (unpaired) electrons. The third-order valence-corrected chi connectivity index (χ3v) is 7.02. The van der Waals surface area contributed by atoms with Gasteiger partial charge in [0.1, 0.15) is 12.4 Å². The molecule has 0 aliphatic heterocycles. The number of hydrogen-bond acceptors (Lipinski definition) is 3. The number of carbonyl (C=O) groups excluding carboxylic acids is 1. The average Bonchev–Trinajstić information content (AvgIpc) is 3.67. The zero-order valence-corrected chi connectivity index (χ0v) is 20.9. The van der Waals surface area contributed by atoms with Crippen LogP contribution in [0.25, 0.3) is 0 Å². The second-order valence-corrected chi connectivity index (χ2v) is 9.69. The van der Waals surface area contributed by atoms with E-state index in [4.69, 9.17) is 27.9 Å². The van der Waals surface area contributed by atoms with Gasteiger partial charge in [-0.15, -0.1) is 0 Å². The summed E-state index contributed by atoms with van der Waals surface area (Å²) in [5.74, 6) is 0.401. The van der Waals surface area contributed by atoms with Gasteiger partial charge in [-0.1, -0.05) is 77.8 Å². The largest absolute Gasteiger partial charge is 0.489 e. The molecule has 36 heavy (non-hydrogen) atoms. The Hall–Kier alpha value is -3.60. The van der Waals surface area contributed by atoms with Gasteiger partial charge in [0, 0.05) is 15.5 Å². The number of hydrogen-bond donors (Lipinski definition) is 1. The molecule has 5 rings (SSSR count). The van der Waals surface area contributed by atoms with Gasteiger partial charge in [0.05, 0.1) is 12.1 Å². The second kappa shape index (κ2) is 10.6. The Labute approximate surface area is 220 Å². The summed E-state index contributed by atoms with van der Waals surface area (Å²) in [5.41, 5.74) is 6.36. The predicted octanol–water partition coefficient (Wildman–Crippen LogP) is 7.03. The molecule has 1 amide bonds. The van der Waals surface area contributed by atoms with Crippen LogP contribution in [0.5, 0.6) is 5.75 Å². The topological polar surface area (TPSA) is 50.7 Å². The van der Waals surface area contributed by atoms with E-state index < -0.39 is 5.41 Å². The summed E-state index contributed by atoms with van der Waals surface area (Å²) in [6.07, 6.45) is 2.32. The van der Waals surface area contributed by atoms with Gasteiger partial charge in [0.2, 0.25) is 5.91 Å². The van der Waals surface area contributed by atoms with Crippen LogP contribution >= 0.6 is 23.2 Å². The fourth-order valence-corrected chi connectivity index (χ4v) is 4.77. The van der Waals surface area contributed by atoms with Crippen molar-refractivity contribution in [2.45, 2.75) is 18.4 Å². The molecule has 1 atom stereocenters. The van der Waals surface area contributed by atoms with Gasteiger partial charge in [-0.2, -0.15) is 5.10 Å². The first kappa shape index (κ1) is 24.1. The van der Waals surface area contributed by atoms with Gasteiger partial charge in [0.25, 0.3) is 0 Å². The van der Waals surface area contributed by atoms with Gasteiger partial charge < -0.3 is 4.74 Å². The minimum absolute atomic E-state index is 0.126. The van der Waals surface area contributed by atoms with E-state index >= 15 is 0 Å². The van der Waals surface area contributed by atoms with Gasteiger partial charge in [-0.3, -0.25) is 4.79 Å². The first-order valence-electron chi connectivity index (χ1n) is 11.7. The average molecular weight is 515 g/mol. The van der Waals surface area contributed by atoms with Crippen molar-refractivity contribution in [1.82, 2.24) is 5.43 Å². The maximum absolute atomic E-state index is 13.1. The molecule has 1 fully saturated rings. The smallest absolute Gasteiger partial charge is 0.244 e. The molecular formula is C30H24Cl2N2O2. The van der Waals surface area contributed by atoms with E-state index in [1.54, 1.807) is 6.21 Å². The molecular weight excluding hydrogens is 491 g/mol. The quantitative estimate of drug-likeness (QED) is 0.202. The van der Waals surface area contributed by atoms with E-state index in [-0.39, 0.29) is 11.8 Å². The molecule has 4 aromatic carbocycles. The van der Waals surface area contributed by atoms with Crippen molar-refractivity contribution in [3.05, 3.63) is 135 Å². The molecule has 1 aliphatic rings. The molecule has 6 heteroatoms. The summed E-state index contributed by atoms with van der Waals surface area (Å²) in [4.78, 5) is 13.1. The number of nitrogens with one attached hydrogen (secondary N) is 1. The number of ether oxygens (including phenoxy) is 1. The lowest BCUT2D eigenvalue weighted by Gasteiger charge is -2.19. The lowest BCUT2D eigenvalue weighted by Crippen LogP contribution is -2.25. The lowest BCUT2D eigenvalue weighted by molar-refractivity contribution is -0.122. The number of benzene rings is 4. The van der Waals surface area contributed by atoms with Crippen molar-refractivity contribution in [2.75, 3.05) is 0 Å². The molecule has 1 N–H and O–H groups in total. The van der Waals surface area contributed by atoms with E-state index in [1.807, 2.05) is 103 Å². The molecule has 0 unspecified atom stereocenters. The maximum atomic E-state index is 13.1. The molecule has 0 spiro atoms. The normalized spacial score (nSPS) is 16.0. The highest BCUT2D eigenvalue weighted by atomic mass is 35.5. The van der Waals surface area contributed by atoms with E-state index in [0.717, 1.165) is 28.0 Å². The van der Waals surface area contributed by atoms with E-state index in [1.165, 1.54) is 0 Å². The van der Waals surface area contributed by atoms with Gasteiger partial charge in [0.15, 0.2) is 0 Å². The summed E-state index contributed by atoms with van der Waals surface area (Å²) < 4.78 is 5.82. The minimum Gasteiger partial charge on any atom is -0.489 e. The molecule has 0 heterocycles. The van der Waals surface area contributed by atoms with Gasteiger partial charge >= 0.3 is 0 Å². The fourth-order valence-electron chi connectivity index (χ4n) is 4.52. The SMILES string of the molecule is O=C(NN=Cc1ccc(OCc2ccccc2)cc1)[C@H]1CC1(c1ccc(Cl)cc1)c1ccc(Cl)cc1. The number of carbonyl (C=O) groups is 1. The van der Waals surface area contributed by atoms with Crippen molar-refractivity contribution < 1.29 is 9.53 Å². The Kier molecular flexibility index (Phi) is 7.08. The summed E-state index contributed by atoms with van der Waals surface area (Å²) in [6, 6.07) is 32.9. The molecule has 180 valence electrons. The zero-order valence-electron chi connectivity index (χ0n) is 19.4. The monoisotopic (exact) mass is 514 g/mol. The van der Waals surface area contributed by atoms with Crippen molar-refractivity contribution in [3.63, 3.8) is 0 Å². The van der Waals surface area contributed by atoms with E-state index in [9.17, 15) is 4.79 Å².